The number of carbonyl (C=O) groups is 1. The average Bonchev–Trinajstić information content (AvgIpc) is 2.40. The lowest BCUT2D eigenvalue weighted by Gasteiger charge is -2.17. The molecule has 0 aliphatic heterocycles. The maximum atomic E-state index is 13.3. The van der Waals surface area contributed by atoms with Gasteiger partial charge in [0.1, 0.15) is 6.10 Å². The van der Waals surface area contributed by atoms with Gasteiger partial charge in [-0.05, 0) is 11.6 Å². The molecule has 1 aromatic carbocycles. The molecule has 20 heavy (non-hydrogen) atoms. The van der Waals surface area contributed by atoms with Crippen LogP contribution in [0, 0.1) is 15.9 Å². The summed E-state index contributed by atoms with van der Waals surface area (Å²) in [4.78, 5) is 20.5. The number of aliphatic hydroxyl groups excluding tert-OH is 2. The van der Waals surface area contributed by atoms with E-state index in [9.17, 15) is 29.5 Å². The van der Waals surface area contributed by atoms with Gasteiger partial charge in [-0.2, -0.15) is 0 Å². The molecule has 3 N–H and O–H groups in total. The van der Waals surface area contributed by atoms with Crippen molar-refractivity contribution >= 4 is 11.7 Å². The normalized spacial score (nSPS) is 13.6. The number of aromatic hydroxyl groups is 1. The predicted octanol–water partition coefficient (Wildman–Crippen LogP) is 0.397. The molecule has 8 nitrogen and oxygen atoms in total. The number of phenols is 1. The second-order valence-corrected chi connectivity index (χ2v) is 3.92. The minimum atomic E-state index is -1.75. The fourth-order valence-corrected chi connectivity index (χ4v) is 1.50. The molecule has 1 aromatic rings. The number of aliphatic hydroxyl groups is 2. The Labute approximate surface area is 112 Å². The Bertz CT molecular complexity index is 534. The number of methoxy groups -OCH3 is 1. The van der Waals surface area contributed by atoms with Gasteiger partial charge in [-0.25, -0.2) is 4.39 Å². The van der Waals surface area contributed by atoms with Crippen LogP contribution < -0.4 is 0 Å². The first-order valence-electron chi connectivity index (χ1n) is 5.37. The number of rotatable bonds is 5. The van der Waals surface area contributed by atoms with Gasteiger partial charge in [0.05, 0.1) is 24.6 Å². The highest BCUT2D eigenvalue weighted by Gasteiger charge is 2.27. The van der Waals surface area contributed by atoms with Crippen LogP contribution >= 0.6 is 0 Å². The predicted molar refractivity (Wildman–Crippen MR) is 62.3 cm³/mol. The number of phenolic OH excluding ortho intramolecular Hbond substituents is 1. The summed E-state index contributed by atoms with van der Waals surface area (Å²) in [6.07, 6.45) is -3.96. The Kier molecular flexibility index (Phi) is 4.94. The smallest absolute Gasteiger partial charge is 0.314 e. The zero-order chi connectivity index (χ0) is 15.4. The van der Waals surface area contributed by atoms with Crippen LogP contribution in [-0.4, -0.2) is 39.4 Å². The second kappa shape index (κ2) is 6.26. The number of nitro benzene ring substituents is 1. The highest BCUT2D eigenvalue weighted by Crippen LogP contribution is 2.33. The first-order chi connectivity index (χ1) is 9.27. The lowest BCUT2D eigenvalue weighted by atomic mass is 10.0. The number of hydrogen-bond acceptors (Lipinski definition) is 7. The Morgan fingerprint density at radius 1 is 1.50 bits per heavy atom. The monoisotopic (exact) mass is 289 g/mol. The summed E-state index contributed by atoms with van der Waals surface area (Å²) in [6, 6.07) is 1.34. The van der Waals surface area contributed by atoms with Crippen LogP contribution in [0.25, 0.3) is 0 Å². The van der Waals surface area contributed by atoms with Gasteiger partial charge in [-0.15, -0.1) is 0 Å². The molecule has 0 saturated carbocycles. The van der Waals surface area contributed by atoms with E-state index in [-0.39, 0.29) is 5.56 Å². The second-order valence-electron chi connectivity index (χ2n) is 3.92. The lowest BCUT2D eigenvalue weighted by molar-refractivity contribution is -0.386. The molecule has 0 amide bonds. The molecule has 0 spiro atoms. The molecule has 0 aliphatic rings. The molecule has 0 aliphatic carbocycles. The van der Waals surface area contributed by atoms with Crippen LogP contribution in [-0.2, 0) is 9.53 Å². The number of carbonyl (C=O) groups excluding carboxylic acids is 1. The van der Waals surface area contributed by atoms with Gasteiger partial charge < -0.3 is 20.1 Å². The van der Waals surface area contributed by atoms with Crippen molar-refractivity contribution in [2.45, 2.75) is 18.6 Å². The van der Waals surface area contributed by atoms with Crippen LogP contribution in [0.15, 0.2) is 12.1 Å². The summed E-state index contributed by atoms with van der Waals surface area (Å²) in [6.45, 7) is 0. The Balaban J connectivity index is 3.07. The zero-order valence-corrected chi connectivity index (χ0v) is 10.3. The Morgan fingerprint density at radius 2 is 2.10 bits per heavy atom. The first kappa shape index (κ1) is 15.8. The van der Waals surface area contributed by atoms with E-state index in [4.69, 9.17) is 5.11 Å². The van der Waals surface area contributed by atoms with E-state index < -0.39 is 46.8 Å². The van der Waals surface area contributed by atoms with E-state index in [1.165, 1.54) is 0 Å². The minimum Gasteiger partial charge on any atom is -0.500 e. The first-order valence-corrected chi connectivity index (χ1v) is 5.37. The molecular formula is C11H12FNO7. The zero-order valence-electron chi connectivity index (χ0n) is 10.3. The van der Waals surface area contributed by atoms with E-state index in [1.54, 1.807) is 0 Å². The van der Waals surface area contributed by atoms with Gasteiger partial charge >= 0.3 is 11.7 Å². The quantitative estimate of drug-likeness (QED) is 0.406. The molecule has 0 bridgehead atoms. The molecule has 0 fully saturated rings. The van der Waals surface area contributed by atoms with Crippen molar-refractivity contribution in [3.05, 3.63) is 33.6 Å². The van der Waals surface area contributed by atoms with Crippen molar-refractivity contribution in [2.24, 2.45) is 0 Å². The van der Waals surface area contributed by atoms with Gasteiger partial charge in [0, 0.05) is 6.07 Å². The maximum Gasteiger partial charge on any atom is 0.314 e. The SMILES string of the molecule is COC(=O)CC(O)C(O)c1cc(F)c(O)c([N+](=O)[O-])c1. The third kappa shape index (κ3) is 3.39. The summed E-state index contributed by atoms with van der Waals surface area (Å²) >= 11 is 0. The highest BCUT2D eigenvalue weighted by molar-refractivity contribution is 5.69. The molecule has 2 unspecified atom stereocenters. The van der Waals surface area contributed by atoms with Gasteiger partial charge in [0.25, 0.3) is 0 Å². The van der Waals surface area contributed by atoms with Gasteiger partial charge in [-0.1, -0.05) is 0 Å². The van der Waals surface area contributed by atoms with Crippen LogP contribution in [0.2, 0.25) is 0 Å². The topological polar surface area (TPSA) is 130 Å². The van der Waals surface area contributed by atoms with E-state index in [0.717, 1.165) is 7.11 Å². The number of benzene rings is 1. The van der Waals surface area contributed by atoms with Crippen LogP contribution in [0.3, 0.4) is 0 Å². The fraction of sp³-hybridized carbons (Fsp3) is 0.364. The van der Waals surface area contributed by atoms with E-state index in [1.807, 2.05) is 0 Å². The van der Waals surface area contributed by atoms with Crippen molar-refractivity contribution < 1.29 is 34.2 Å². The highest BCUT2D eigenvalue weighted by atomic mass is 19.1. The third-order valence-corrected chi connectivity index (χ3v) is 2.57. The maximum absolute atomic E-state index is 13.3. The summed E-state index contributed by atoms with van der Waals surface area (Å²) < 4.78 is 17.6. The van der Waals surface area contributed by atoms with E-state index in [0.29, 0.717) is 12.1 Å². The molecule has 110 valence electrons. The van der Waals surface area contributed by atoms with E-state index >= 15 is 0 Å². The number of nitrogens with zero attached hydrogens (tertiary/aromatic N) is 1. The van der Waals surface area contributed by atoms with Gasteiger partial charge in [0.15, 0.2) is 5.82 Å². The number of halogens is 1. The number of esters is 1. The molecule has 9 heteroatoms. The molecule has 0 radical (unpaired) electrons. The van der Waals surface area contributed by atoms with Crippen LogP contribution in [0.5, 0.6) is 5.75 Å². The lowest BCUT2D eigenvalue weighted by Crippen LogP contribution is -2.22. The third-order valence-electron chi connectivity index (χ3n) is 2.57. The summed E-state index contributed by atoms with van der Waals surface area (Å²) in [7, 11) is 1.08. The average molecular weight is 289 g/mol. The molecule has 1 rings (SSSR count). The summed E-state index contributed by atoms with van der Waals surface area (Å²) in [5.41, 5.74) is -1.30. The van der Waals surface area contributed by atoms with Crippen molar-refractivity contribution in [1.82, 2.24) is 0 Å². The molecule has 0 heterocycles. The Hall–Kier alpha value is -2.26. The molecule has 2 atom stereocenters. The van der Waals surface area contributed by atoms with Crippen molar-refractivity contribution in [3.63, 3.8) is 0 Å². The number of hydrogen-bond donors (Lipinski definition) is 3. The molecular weight excluding hydrogens is 277 g/mol. The standard InChI is InChI=1S/C11H12FNO7/c1-20-9(15)4-8(14)10(16)5-2-6(12)11(17)7(3-5)13(18)19/h2-3,8,10,14,16-17H,4H2,1H3. The van der Waals surface area contributed by atoms with Crippen LogP contribution in [0.1, 0.15) is 18.1 Å². The van der Waals surface area contributed by atoms with E-state index in [2.05, 4.69) is 4.74 Å². The summed E-state index contributed by atoms with van der Waals surface area (Å²) in [5.74, 6) is -3.31. The summed E-state index contributed by atoms with van der Waals surface area (Å²) in [5, 5.41) is 39.0. The molecule has 0 saturated heterocycles. The fourth-order valence-electron chi connectivity index (χ4n) is 1.50. The van der Waals surface area contributed by atoms with Gasteiger partial charge in [0.2, 0.25) is 5.75 Å². The minimum absolute atomic E-state index is 0.344. The largest absolute Gasteiger partial charge is 0.500 e. The van der Waals surface area contributed by atoms with Crippen LogP contribution in [0.4, 0.5) is 10.1 Å². The molecule has 0 aromatic heterocycles. The van der Waals surface area contributed by atoms with Crippen molar-refractivity contribution in [1.29, 1.82) is 0 Å². The van der Waals surface area contributed by atoms with Crippen molar-refractivity contribution in [2.75, 3.05) is 7.11 Å². The Morgan fingerprint density at radius 3 is 2.60 bits per heavy atom. The van der Waals surface area contributed by atoms with Gasteiger partial charge in [-0.3, -0.25) is 14.9 Å². The number of nitro groups is 1. The number of ether oxygens (including phenoxy) is 1. The van der Waals surface area contributed by atoms with Crippen molar-refractivity contribution in [3.8, 4) is 5.75 Å².